The number of amides is 5. The van der Waals surface area contributed by atoms with Crippen molar-refractivity contribution in [2.45, 2.75) is 123 Å². The molecule has 4 rings (SSSR count). The van der Waals surface area contributed by atoms with Gasteiger partial charge in [-0.1, -0.05) is 73.3 Å². The summed E-state index contributed by atoms with van der Waals surface area (Å²) in [4.78, 5) is 69.3. The molecular weight excluding hydrogens is 660 g/mol. The van der Waals surface area contributed by atoms with E-state index in [1.165, 1.54) is 15.3 Å². The molecule has 282 valence electrons. The third-order valence-electron chi connectivity index (χ3n) is 11.4. The lowest BCUT2D eigenvalue weighted by Crippen LogP contribution is -2.62. The highest BCUT2D eigenvalue weighted by Gasteiger charge is 2.70. The molecule has 0 radical (unpaired) electrons. The van der Waals surface area contributed by atoms with E-state index in [2.05, 4.69) is 41.7 Å². The topological polar surface area (TPSA) is 174 Å². The number of hydrogen-bond donors (Lipinski definition) is 4. The fourth-order valence-corrected chi connectivity index (χ4v) is 9.93. The molecule has 2 heterocycles. The predicted molar refractivity (Wildman–Crippen MR) is 191 cm³/mol. The molecule has 6 atom stereocenters. The number of rotatable bonds is 14. The molecule has 50 heavy (non-hydrogen) atoms. The maximum Gasteiger partial charge on any atom is 0.315 e. The molecule has 13 nitrogen and oxygen atoms in total. The fourth-order valence-electron chi connectivity index (χ4n) is 8.31. The van der Waals surface area contributed by atoms with E-state index in [-0.39, 0.29) is 48.4 Å². The van der Waals surface area contributed by atoms with Crippen molar-refractivity contribution in [3.05, 3.63) is 12.7 Å². The van der Waals surface area contributed by atoms with Crippen LogP contribution in [0.2, 0.25) is 0 Å². The summed E-state index contributed by atoms with van der Waals surface area (Å²) in [7, 11) is -3.40. The Morgan fingerprint density at radius 2 is 1.66 bits per heavy atom. The lowest BCUT2D eigenvalue weighted by molar-refractivity contribution is -0.145. The maximum absolute atomic E-state index is 14.5. The molecule has 4 N–H and O–H groups in total. The Morgan fingerprint density at radius 3 is 2.26 bits per heavy atom. The third-order valence-corrected chi connectivity index (χ3v) is 13.3. The smallest absolute Gasteiger partial charge is 0.315 e. The minimum atomic E-state index is -3.40. The van der Waals surface area contributed by atoms with Crippen molar-refractivity contribution >= 4 is 39.6 Å². The number of fused-ring (bicyclic) bond motifs is 1. The highest BCUT2D eigenvalue weighted by molar-refractivity contribution is 7.89. The van der Waals surface area contributed by atoms with Gasteiger partial charge >= 0.3 is 6.03 Å². The molecule has 0 aromatic heterocycles. The molecule has 0 aromatic carbocycles. The molecule has 0 spiro atoms. The molecule has 4 fully saturated rings. The Kier molecular flexibility index (Phi) is 12.8. The standard InChI is InChI=1S/C36H60N6O7S/c1-8-15-25(29(43)32(45)37-18-9-2)38-31(44)28-27-24(36(27,6)7)21-42(28)33(46)30(35(3,4)5)40-34(47)39-26(23-16-11-10-12-17-23)22-41-19-13-14-20-50(41,48)49/h9,23-28,30H,2,8,10-22H2,1,3-7H3,(H,37,45)(H,38,44)(H2,39,40,47)/t24-,25?,26+,27-,28?,30+/m0/s1. The van der Waals surface area contributed by atoms with Crippen molar-refractivity contribution in [1.82, 2.24) is 30.5 Å². The van der Waals surface area contributed by atoms with Crippen LogP contribution in [0.1, 0.15) is 99.3 Å². The molecule has 0 aromatic rings. The van der Waals surface area contributed by atoms with Gasteiger partial charge in [-0.3, -0.25) is 19.2 Å². The number of nitrogens with zero attached hydrogens (tertiary/aromatic N) is 2. The first-order valence-electron chi connectivity index (χ1n) is 18.5. The summed E-state index contributed by atoms with van der Waals surface area (Å²) in [5.41, 5.74) is -0.938. The molecule has 0 bridgehead atoms. The van der Waals surface area contributed by atoms with Crippen LogP contribution in [0.15, 0.2) is 12.7 Å². The third kappa shape index (κ3) is 9.07. The van der Waals surface area contributed by atoms with Crippen molar-refractivity contribution < 1.29 is 32.4 Å². The molecule has 2 aliphatic carbocycles. The summed E-state index contributed by atoms with van der Waals surface area (Å²) in [6, 6.07) is -3.87. The van der Waals surface area contributed by atoms with Crippen molar-refractivity contribution in [1.29, 1.82) is 0 Å². The van der Waals surface area contributed by atoms with E-state index in [0.29, 0.717) is 25.9 Å². The number of ketones is 1. The molecule has 4 aliphatic rings. The summed E-state index contributed by atoms with van der Waals surface area (Å²) < 4.78 is 27.3. The summed E-state index contributed by atoms with van der Waals surface area (Å²) in [6.45, 7) is 16.1. The summed E-state index contributed by atoms with van der Waals surface area (Å²) in [5.74, 6) is -2.29. The van der Waals surface area contributed by atoms with Gasteiger partial charge in [0, 0.05) is 32.2 Å². The number of nitrogens with one attached hydrogen (secondary N) is 4. The largest absolute Gasteiger partial charge is 0.346 e. The average Bonchev–Trinajstić information content (AvgIpc) is 3.36. The molecule has 2 saturated heterocycles. The van der Waals surface area contributed by atoms with Crippen LogP contribution < -0.4 is 21.3 Å². The number of sulfonamides is 1. The number of piperidine rings is 1. The summed E-state index contributed by atoms with van der Waals surface area (Å²) in [5, 5.41) is 11.3. The van der Waals surface area contributed by atoms with Gasteiger partial charge in [0.1, 0.15) is 12.1 Å². The Bertz CT molecular complexity index is 1400. The van der Waals surface area contributed by atoms with E-state index in [9.17, 15) is 32.4 Å². The zero-order valence-corrected chi connectivity index (χ0v) is 31.7. The van der Waals surface area contributed by atoms with Crippen molar-refractivity contribution in [2.24, 2.45) is 28.6 Å². The Labute approximate surface area is 298 Å². The van der Waals surface area contributed by atoms with Crippen LogP contribution in [0.25, 0.3) is 0 Å². The quantitative estimate of drug-likeness (QED) is 0.158. The Morgan fingerprint density at radius 1 is 0.980 bits per heavy atom. The van der Waals surface area contributed by atoms with Gasteiger partial charge in [-0.25, -0.2) is 13.2 Å². The van der Waals surface area contributed by atoms with Crippen LogP contribution in [-0.2, 0) is 29.2 Å². The summed E-state index contributed by atoms with van der Waals surface area (Å²) in [6.07, 6.45) is 8.60. The second-order valence-corrected chi connectivity index (χ2v) is 18.5. The zero-order valence-electron chi connectivity index (χ0n) is 30.9. The van der Waals surface area contributed by atoms with Crippen LogP contribution in [0.3, 0.4) is 0 Å². The lowest BCUT2D eigenvalue weighted by Gasteiger charge is -2.39. The monoisotopic (exact) mass is 720 g/mol. The van der Waals surface area contributed by atoms with Gasteiger partial charge in [-0.2, -0.15) is 4.31 Å². The highest BCUT2D eigenvalue weighted by Crippen LogP contribution is 2.65. The second-order valence-electron chi connectivity index (χ2n) is 16.4. The Hall–Kier alpha value is -3.00. The van der Waals surface area contributed by atoms with Gasteiger partial charge < -0.3 is 26.2 Å². The fraction of sp³-hybridized carbons (Fsp3) is 0.806. The first kappa shape index (κ1) is 39.8. The van der Waals surface area contributed by atoms with E-state index in [4.69, 9.17) is 0 Å². The van der Waals surface area contributed by atoms with Crippen LogP contribution >= 0.6 is 0 Å². The van der Waals surface area contributed by atoms with Crippen LogP contribution in [0.5, 0.6) is 0 Å². The maximum atomic E-state index is 14.5. The van der Waals surface area contributed by atoms with Crippen LogP contribution in [0.4, 0.5) is 4.79 Å². The Balaban J connectivity index is 1.52. The minimum Gasteiger partial charge on any atom is -0.346 e. The number of Topliss-reactive ketones (excluding diaryl/α,β-unsaturated/α-hetero) is 1. The SMILES string of the molecule is C=CCNC(=O)C(=O)C(CCC)NC(=O)C1[C@@H]2[C@H](CN1C(=O)[C@@H](NC(=O)N[C@H](CN1CCCCS1(=O)=O)C1CCCCC1)C(C)(C)C)C2(C)C. The van der Waals surface area contributed by atoms with Crippen LogP contribution in [-0.4, -0.2) is 103 Å². The van der Waals surface area contributed by atoms with Gasteiger partial charge in [-0.15, -0.1) is 6.58 Å². The molecular formula is C36H60N6O7S. The number of likely N-dealkylation sites (tertiary alicyclic amines) is 1. The van der Waals surface area contributed by atoms with E-state index < -0.39 is 69.1 Å². The van der Waals surface area contributed by atoms with E-state index in [0.717, 1.165) is 38.5 Å². The molecule has 5 amide bonds. The predicted octanol–water partition coefficient (Wildman–Crippen LogP) is 2.71. The first-order chi connectivity index (χ1) is 23.4. The average molecular weight is 721 g/mol. The lowest BCUT2D eigenvalue weighted by atomic mass is 9.83. The first-order valence-corrected chi connectivity index (χ1v) is 20.1. The van der Waals surface area contributed by atoms with Gasteiger partial charge in [0.2, 0.25) is 27.6 Å². The molecule has 2 saturated carbocycles. The number of carbonyl (C=O) groups is 5. The van der Waals surface area contributed by atoms with E-state index in [1.807, 2.05) is 27.7 Å². The van der Waals surface area contributed by atoms with Gasteiger partial charge in [0.25, 0.3) is 5.91 Å². The van der Waals surface area contributed by atoms with Crippen molar-refractivity contribution in [2.75, 3.05) is 31.9 Å². The van der Waals surface area contributed by atoms with Crippen molar-refractivity contribution in [3.8, 4) is 0 Å². The molecule has 14 heteroatoms. The van der Waals surface area contributed by atoms with E-state index >= 15 is 0 Å². The van der Waals surface area contributed by atoms with Gasteiger partial charge in [-0.05, 0) is 60.7 Å². The normalized spacial score (nSPS) is 26.4. The number of urea groups is 1. The number of carbonyl (C=O) groups excluding carboxylic acids is 5. The molecule has 2 unspecified atom stereocenters. The molecule has 2 aliphatic heterocycles. The van der Waals surface area contributed by atoms with E-state index in [1.54, 1.807) is 0 Å². The van der Waals surface area contributed by atoms with Gasteiger partial charge in [0.05, 0.1) is 11.8 Å². The second kappa shape index (κ2) is 16.1. The van der Waals surface area contributed by atoms with Crippen molar-refractivity contribution in [3.63, 3.8) is 0 Å². The number of hydrogen-bond acceptors (Lipinski definition) is 7. The minimum absolute atomic E-state index is 0.0648. The van der Waals surface area contributed by atoms with Crippen LogP contribution in [0, 0.1) is 28.6 Å². The highest BCUT2D eigenvalue weighted by atomic mass is 32.2. The zero-order chi connectivity index (χ0) is 37.0. The van der Waals surface area contributed by atoms with Gasteiger partial charge in [0.15, 0.2) is 0 Å². The summed E-state index contributed by atoms with van der Waals surface area (Å²) >= 11 is 0.